The maximum absolute atomic E-state index is 12.8. The highest BCUT2D eigenvalue weighted by Crippen LogP contribution is 2.40. The van der Waals surface area contributed by atoms with Gasteiger partial charge < -0.3 is 25.6 Å². The zero-order valence-corrected chi connectivity index (χ0v) is 16.2. The molecule has 2 amide bonds. The number of hydrogen-bond donors (Lipinski definition) is 4. The van der Waals surface area contributed by atoms with Crippen molar-refractivity contribution in [3.63, 3.8) is 0 Å². The number of aliphatic hydroxyl groups excluding tert-OH is 1. The van der Waals surface area contributed by atoms with E-state index in [0.717, 1.165) is 18.4 Å². The van der Waals surface area contributed by atoms with Crippen LogP contribution in [-0.2, 0) is 14.6 Å². The van der Waals surface area contributed by atoms with E-state index in [4.69, 9.17) is 16.3 Å². The number of urea groups is 1. The van der Waals surface area contributed by atoms with E-state index in [0.29, 0.717) is 0 Å². The topological polar surface area (TPSA) is 125 Å². The van der Waals surface area contributed by atoms with Gasteiger partial charge in [0.2, 0.25) is 0 Å². The average Bonchev–Trinajstić information content (AvgIpc) is 3.19. The zero-order valence-electron chi connectivity index (χ0n) is 14.6. The quantitative estimate of drug-likeness (QED) is 0.438. The summed E-state index contributed by atoms with van der Waals surface area (Å²) in [5.41, 5.74) is 0.951. The number of allylic oxidation sites excluding steroid dienone is 1. The number of aliphatic hydroxyl groups is 1. The van der Waals surface area contributed by atoms with E-state index >= 15 is 0 Å². The van der Waals surface area contributed by atoms with Crippen LogP contribution in [0.25, 0.3) is 0 Å². The molecule has 0 unspecified atom stereocenters. The SMILES string of the molecule is CC1=CCC[C@H]1NC(=O)Nc1ccc(Cl)c(S(=O)(=O)[C@H]2COC[C@@H]2O)c1O. The molecule has 0 bridgehead atoms. The molecule has 3 rings (SSSR count). The number of aromatic hydroxyl groups is 1. The molecule has 1 aromatic rings. The molecule has 0 saturated carbocycles. The van der Waals surface area contributed by atoms with Crippen LogP contribution in [0, 0.1) is 0 Å². The summed E-state index contributed by atoms with van der Waals surface area (Å²) in [6.45, 7) is 1.60. The van der Waals surface area contributed by atoms with Gasteiger partial charge in [-0.2, -0.15) is 0 Å². The van der Waals surface area contributed by atoms with Crippen molar-refractivity contribution < 1.29 is 28.2 Å². The predicted molar refractivity (Wildman–Crippen MR) is 99.8 cm³/mol. The van der Waals surface area contributed by atoms with Crippen LogP contribution in [0.1, 0.15) is 19.8 Å². The number of amides is 2. The fraction of sp³-hybridized carbons (Fsp3) is 0.471. The molecule has 1 aliphatic heterocycles. The van der Waals surface area contributed by atoms with Gasteiger partial charge in [0.15, 0.2) is 15.6 Å². The summed E-state index contributed by atoms with van der Waals surface area (Å²) < 4.78 is 30.6. The number of benzene rings is 1. The monoisotopic (exact) mass is 416 g/mol. The molecule has 3 atom stereocenters. The van der Waals surface area contributed by atoms with Gasteiger partial charge in [0.1, 0.15) is 10.1 Å². The van der Waals surface area contributed by atoms with E-state index in [-0.39, 0.29) is 30.0 Å². The van der Waals surface area contributed by atoms with Crippen LogP contribution in [-0.4, -0.2) is 55.3 Å². The molecular weight excluding hydrogens is 396 g/mol. The molecule has 1 aliphatic carbocycles. The second-order valence-electron chi connectivity index (χ2n) is 6.64. The number of ether oxygens (including phenoxy) is 1. The van der Waals surface area contributed by atoms with Gasteiger partial charge in [0, 0.05) is 0 Å². The molecule has 1 aromatic carbocycles. The third-order valence-corrected chi connectivity index (χ3v) is 7.45. The normalized spacial score (nSPS) is 25.3. The lowest BCUT2D eigenvalue weighted by molar-refractivity contribution is 0.127. The number of sulfone groups is 1. The number of halogens is 1. The number of rotatable bonds is 4. The van der Waals surface area contributed by atoms with Gasteiger partial charge in [-0.1, -0.05) is 23.3 Å². The lowest BCUT2D eigenvalue weighted by Gasteiger charge is -2.19. The van der Waals surface area contributed by atoms with E-state index in [1.54, 1.807) is 0 Å². The smallest absolute Gasteiger partial charge is 0.319 e. The Balaban J connectivity index is 1.85. The summed E-state index contributed by atoms with van der Waals surface area (Å²) in [7, 11) is -4.18. The highest BCUT2D eigenvalue weighted by atomic mass is 35.5. The van der Waals surface area contributed by atoms with Crippen molar-refractivity contribution in [3.05, 3.63) is 28.8 Å². The van der Waals surface area contributed by atoms with Gasteiger partial charge >= 0.3 is 6.03 Å². The zero-order chi connectivity index (χ0) is 19.8. The molecule has 1 heterocycles. The van der Waals surface area contributed by atoms with Crippen molar-refractivity contribution in [2.75, 3.05) is 18.5 Å². The molecule has 0 radical (unpaired) electrons. The van der Waals surface area contributed by atoms with Crippen LogP contribution < -0.4 is 10.6 Å². The van der Waals surface area contributed by atoms with E-state index in [9.17, 15) is 23.4 Å². The second kappa shape index (κ2) is 7.67. The van der Waals surface area contributed by atoms with Crippen molar-refractivity contribution in [2.45, 2.75) is 42.1 Å². The van der Waals surface area contributed by atoms with Crippen molar-refractivity contribution in [3.8, 4) is 5.75 Å². The Morgan fingerprint density at radius 3 is 2.67 bits per heavy atom. The van der Waals surface area contributed by atoms with Gasteiger partial charge in [-0.25, -0.2) is 13.2 Å². The lowest BCUT2D eigenvalue weighted by atomic mass is 10.2. The van der Waals surface area contributed by atoms with Gasteiger partial charge in [0.25, 0.3) is 0 Å². The minimum atomic E-state index is -4.18. The fourth-order valence-corrected chi connectivity index (χ4v) is 5.50. The first-order valence-corrected chi connectivity index (χ1v) is 10.4. The summed E-state index contributed by atoms with van der Waals surface area (Å²) in [5, 5.41) is 24.1. The van der Waals surface area contributed by atoms with Crippen LogP contribution in [0.2, 0.25) is 5.02 Å². The number of phenols is 1. The molecule has 27 heavy (non-hydrogen) atoms. The average molecular weight is 417 g/mol. The Morgan fingerprint density at radius 2 is 2.07 bits per heavy atom. The minimum Gasteiger partial charge on any atom is -0.504 e. The predicted octanol–water partition coefficient (Wildman–Crippen LogP) is 1.81. The number of carbonyl (C=O) groups is 1. The standard InChI is InChI=1S/C17H21ClN2O6S/c1-9-3-2-4-11(9)19-17(23)20-12-6-5-10(18)16(15(12)22)27(24,25)14-8-26-7-13(14)21/h3,5-6,11,13-14,21-22H,2,4,7-8H2,1H3,(H2,19,20,23)/t11-,13+,14+/m1/s1. The van der Waals surface area contributed by atoms with Crippen molar-refractivity contribution in [2.24, 2.45) is 0 Å². The number of anilines is 1. The highest BCUT2D eigenvalue weighted by Gasteiger charge is 2.41. The Labute approximate surface area is 162 Å². The van der Waals surface area contributed by atoms with Gasteiger partial charge in [-0.15, -0.1) is 0 Å². The van der Waals surface area contributed by atoms with Crippen LogP contribution >= 0.6 is 11.6 Å². The number of nitrogens with one attached hydrogen (secondary N) is 2. The van der Waals surface area contributed by atoms with Crippen LogP contribution in [0.15, 0.2) is 28.7 Å². The minimum absolute atomic E-state index is 0.0940. The van der Waals surface area contributed by atoms with Gasteiger partial charge in [-0.05, 0) is 31.9 Å². The third-order valence-electron chi connectivity index (χ3n) is 4.79. The number of carbonyl (C=O) groups excluding carboxylic acids is 1. The first kappa shape index (κ1) is 19.9. The number of hydrogen-bond acceptors (Lipinski definition) is 6. The van der Waals surface area contributed by atoms with Gasteiger partial charge in [-0.3, -0.25) is 0 Å². The molecule has 8 nitrogen and oxygen atoms in total. The molecule has 1 fully saturated rings. The molecule has 10 heteroatoms. The first-order chi connectivity index (χ1) is 12.7. The first-order valence-electron chi connectivity index (χ1n) is 8.47. The molecule has 0 spiro atoms. The summed E-state index contributed by atoms with van der Waals surface area (Å²) in [6.07, 6.45) is 2.47. The van der Waals surface area contributed by atoms with E-state index in [1.807, 2.05) is 13.0 Å². The van der Waals surface area contributed by atoms with Crippen molar-refractivity contribution >= 4 is 33.2 Å². The van der Waals surface area contributed by atoms with Crippen molar-refractivity contribution in [1.82, 2.24) is 5.32 Å². The summed E-state index contributed by atoms with van der Waals surface area (Å²) in [4.78, 5) is 11.7. The summed E-state index contributed by atoms with van der Waals surface area (Å²) >= 11 is 6.01. The Morgan fingerprint density at radius 1 is 1.33 bits per heavy atom. The van der Waals surface area contributed by atoms with Crippen LogP contribution in [0.3, 0.4) is 0 Å². The molecule has 2 aliphatic rings. The Kier molecular flexibility index (Phi) is 5.66. The van der Waals surface area contributed by atoms with Crippen LogP contribution in [0.5, 0.6) is 5.75 Å². The lowest BCUT2D eigenvalue weighted by Crippen LogP contribution is -2.37. The second-order valence-corrected chi connectivity index (χ2v) is 9.15. The molecule has 4 N–H and O–H groups in total. The molecule has 0 aromatic heterocycles. The molecule has 1 saturated heterocycles. The highest BCUT2D eigenvalue weighted by molar-refractivity contribution is 7.92. The third kappa shape index (κ3) is 3.91. The van der Waals surface area contributed by atoms with E-state index < -0.39 is 37.9 Å². The maximum Gasteiger partial charge on any atom is 0.319 e. The van der Waals surface area contributed by atoms with Crippen molar-refractivity contribution in [1.29, 1.82) is 0 Å². The van der Waals surface area contributed by atoms with E-state index in [2.05, 4.69) is 10.6 Å². The molecule has 148 valence electrons. The van der Waals surface area contributed by atoms with E-state index in [1.165, 1.54) is 12.1 Å². The molecular formula is C17H21ClN2O6S. The van der Waals surface area contributed by atoms with Gasteiger partial charge in [0.05, 0.1) is 36.1 Å². The summed E-state index contributed by atoms with van der Waals surface area (Å²) in [5.74, 6) is -0.671. The maximum atomic E-state index is 12.8. The summed E-state index contributed by atoms with van der Waals surface area (Å²) in [6, 6.07) is 1.91. The Hall–Kier alpha value is -1.81. The largest absolute Gasteiger partial charge is 0.504 e. The number of phenolic OH excluding ortho intramolecular Hbond substituents is 1. The Bertz CT molecular complexity index is 886. The van der Waals surface area contributed by atoms with Crippen LogP contribution in [0.4, 0.5) is 10.5 Å². The fourth-order valence-electron chi connectivity index (χ4n) is 3.24.